The van der Waals surface area contributed by atoms with Crippen molar-refractivity contribution in [2.24, 2.45) is 11.8 Å². The number of aliphatic hydroxyl groups excluding tert-OH is 1. The van der Waals surface area contributed by atoms with Crippen LogP contribution in [0.1, 0.15) is 19.8 Å². The van der Waals surface area contributed by atoms with Crippen molar-refractivity contribution in [1.29, 1.82) is 0 Å². The highest BCUT2D eigenvalue weighted by atomic mass is 16.7. The third-order valence-electron chi connectivity index (χ3n) is 2.76. The Kier molecular flexibility index (Phi) is 3.38. The molecule has 0 aromatic heterocycles. The van der Waals surface area contributed by atoms with E-state index in [4.69, 9.17) is 19.3 Å². The van der Waals surface area contributed by atoms with Crippen LogP contribution < -0.4 is 0 Å². The predicted octanol–water partition coefficient (Wildman–Crippen LogP) is 0.740. The van der Waals surface area contributed by atoms with Gasteiger partial charge in [0.05, 0.1) is 19.8 Å². The first-order valence-corrected chi connectivity index (χ1v) is 5.28. The van der Waals surface area contributed by atoms with Crippen molar-refractivity contribution in [2.45, 2.75) is 32.3 Å². The third kappa shape index (κ3) is 2.45. The highest BCUT2D eigenvalue weighted by Crippen LogP contribution is 2.26. The van der Waals surface area contributed by atoms with Crippen LogP contribution in [-0.4, -0.2) is 37.5 Å². The molecule has 0 aromatic carbocycles. The average Bonchev–Trinajstić information content (AvgIpc) is 2.21. The summed E-state index contributed by atoms with van der Waals surface area (Å²) in [6.45, 7) is 4.19. The van der Waals surface area contributed by atoms with Gasteiger partial charge in [-0.15, -0.1) is 0 Å². The molecule has 2 saturated heterocycles. The van der Waals surface area contributed by atoms with E-state index in [-0.39, 0.29) is 12.2 Å². The molecule has 1 N–H and O–H groups in total. The van der Waals surface area contributed by atoms with Gasteiger partial charge in [0.15, 0.2) is 12.6 Å². The molecule has 2 rings (SSSR count). The lowest BCUT2D eigenvalue weighted by Crippen LogP contribution is -2.41. The van der Waals surface area contributed by atoms with Gasteiger partial charge in [-0.1, -0.05) is 6.92 Å². The molecule has 0 amide bonds. The summed E-state index contributed by atoms with van der Waals surface area (Å²) in [5.74, 6) is 0.771. The molecule has 2 atom stereocenters. The molecule has 2 heterocycles. The first-order chi connectivity index (χ1) is 6.75. The maximum Gasteiger partial charge on any atom is 0.162 e. The van der Waals surface area contributed by atoms with Crippen molar-refractivity contribution >= 4 is 0 Å². The summed E-state index contributed by atoms with van der Waals surface area (Å²) in [4.78, 5) is 0. The van der Waals surface area contributed by atoms with Crippen LogP contribution in [0.4, 0.5) is 0 Å². The molecular weight excluding hydrogens is 184 g/mol. The molecule has 0 radical (unpaired) electrons. The fraction of sp³-hybridized carbons (Fsp3) is 1.00. The lowest BCUT2D eigenvalue weighted by atomic mass is 10.0. The molecule has 0 aromatic rings. The van der Waals surface area contributed by atoms with Crippen LogP contribution in [0.2, 0.25) is 0 Å². The van der Waals surface area contributed by atoms with Crippen LogP contribution in [0.25, 0.3) is 0 Å². The van der Waals surface area contributed by atoms with Gasteiger partial charge in [0.1, 0.15) is 0 Å². The fourth-order valence-electron chi connectivity index (χ4n) is 1.86. The quantitative estimate of drug-likeness (QED) is 0.681. The van der Waals surface area contributed by atoms with E-state index in [1.807, 2.05) is 0 Å². The normalized spacial score (nSPS) is 45.0. The SMILES string of the molecule is CC1COC(C2CCC(O)OC2)OC1. The summed E-state index contributed by atoms with van der Waals surface area (Å²) in [5, 5.41) is 9.16. The van der Waals surface area contributed by atoms with Crippen molar-refractivity contribution in [1.82, 2.24) is 0 Å². The Morgan fingerprint density at radius 3 is 2.29 bits per heavy atom. The highest BCUT2D eigenvalue weighted by Gasteiger charge is 2.31. The molecule has 0 spiro atoms. The monoisotopic (exact) mass is 202 g/mol. The Balaban J connectivity index is 1.78. The predicted molar refractivity (Wildman–Crippen MR) is 49.5 cm³/mol. The van der Waals surface area contributed by atoms with E-state index in [9.17, 15) is 0 Å². The average molecular weight is 202 g/mol. The van der Waals surface area contributed by atoms with Crippen molar-refractivity contribution in [3.8, 4) is 0 Å². The fourth-order valence-corrected chi connectivity index (χ4v) is 1.86. The number of ether oxygens (including phenoxy) is 3. The second-order valence-electron chi connectivity index (χ2n) is 4.27. The summed E-state index contributed by atoms with van der Waals surface area (Å²) in [5.41, 5.74) is 0. The van der Waals surface area contributed by atoms with Crippen LogP contribution in [0.3, 0.4) is 0 Å². The van der Waals surface area contributed by atoms with Crippen LogP contribution >= 0.6 is 0 Å². The van der Waals surface area contributed by atoms with E-state index in [1.54, 1.807) is 0 Å². The van der Waals surface area contributed by atoms with Gasteiger partial charge in [0, 0.05) is 11.8 Å². The summed E-state index contributed by atoms with van der Waals surface area (Å²) >= 11 is 0. The molecule has 82 valence electrons. The Morgan fingerprint density at radius 1 is 1.00 bits per heavy atom. The van der Waals surface area contributed by atoms with Gasteiger partial charge in [-0.05, 0) is 12.8 Å². The number of rotatable bonds is 1. The molecule has 0 bridgehead atoms. The van der Waals surface area contributed by atoms with Gasteiger partial charge in [-0.2, -0.15) is 0 Å². The van der Waals surface area contributed by atoms with Crippen molar-refractivity contribution in [2.75, 3.05) is 19.8 Å². The van der Waals surface area contributed by atoms with Crippen molar-refractivity contribution in [3.05, 3.63) is 0 Å². The Hall–Kier alpha value is -0.160. The van der Waals surface area contributed by atoms with E-state index < -0.39 is 6.29 Å². The van der Waals surface area contributed by atoms with Crippen LogP contribution in [0, 0.1) is 11.8 Å². The number of aliphatic hydroxyl groups is 1. The highest BCUT2D eigenvalue weighted by molar-refractivity contribution is 4.71. The van der Waals surface area contributed by atoms with Gasteiger partial charge in [0.25, 0.3) is 0 Å². The first kappa shape index (κ1) is 10.4. The molecule has 4 nitrogen and oxygen atoms in total. The maximum absolute atomic E-state index is 9.16. The minimum atomic E-state index is -0.589. The van der Waals surface area contributed by atoms with Gasteiger partial charge in [-0.25, -0.2) is 0 Å². The number of hydrogen-bond acceptors (Lipinski definition) is 4. The summed E-state index contributed by atoms with van der Waals surface area (Å²) < 4.78 is 16.3. The summed E-state index contributed by atoms with van der Waals surface area (Å²) in [7, 11) is 0. The first-order valence-electron chi connectivity index (χ1n) is 5.28. The Bertz CT molecular complexity index is 149. The third-order valence-corrected chi connectivity index (χ3v) is 2.76. The van der Waals surface area contributed by atoms with E-state index >= 15 is 0 Å². The van der Waals surface area contributed by atoms with Crippen LogP contribution in [0.15, 0.2) is 0 Å². The van der Waals surface area contributed by atoms with E-state index in [2.05, 4.69) is 6.92 Å². The standard InChI is InChI=1S/C10H18O4/c1-7-4-13-10(14-5-7)8-2-3-9(11)12-6-8/h7-11H,2-6H2,1H3. The molecule has 0 saturated carbocycles. The molecule has 2 unspecified atom stereocenters. The minimum absolute atomic E-state index is 0.126. The topological polar surface area (TPSA) is 47.9 Å². The molecule has 2 aliphatic heterocycles. The van der Waals surface area contributed by atoms with Crippen molar-refractivity contribution < 1.29 is 19.3 Å². The molecule has 2 fully saturated rings. The van der Waals surface area contributed by atoms with E-state index in [0.29, 0.717) is 18.9 Å². The smallest absolute Gasteiger partial charge is 0.162 e. The second-order valence-corrected chi connectivity index (χ2v) is 4.27. The zero-order chi connectivity index (χ0) is 9.97. The second kappa shape index (κ2) is 4.57. The Morgan fingerprint density at radius 2 is 1.71 bits per heavy atom. The lowest BCUT2D eigenvalue weighted by molar-refractivity contribution is -0.251. The zero-order valence-corrected chi connectivity index (χ0v) is 8.52. The largest absolute Gasteiger partial charge is 0.368 e. The molecular formula is C10H18O4. The molecule has 0 aliphatic carbocycles. The zero-order valence-electron chi connectivity index (χ0n) is 8.52. The van der Waals surface area contributed by atoms with Gasteiger partial charge in [-0.3, -0.25) is 0 Å². The summed E-state index contributed by atoms with van der Waals surface area (Å²) in [6.07, 6.45) is 0.886. The number of hydrogen-bond donors (Lipinski definition) is 1. The summed E-state index contributed by atoms with van der Waals surface area (Å²) in [6, 6.07) is 0. The van der Waals surface area contributed by atoms with E-state index in [1.165, 1.54) is 0 Å². The van der Waals surface area contributed by atoms with E-state index in [0.717, 1.165) is 19.6 Å². The molecule has 14 heavy (non-hydrogen) atoms. The molecule has 2 aliphatic rings. The van der Waals surface area contributed by atoms with Crippen molar-refractivity contribution in [3.63, 3.8) is 0 Å². The van der Waals surface area contributed by atoms with Crippen LogP contribution in [0.5, 0.6) is 0 Å². The Labute approximate surface area is 84.1 Å². The molecule has 4 heteroatoms. The van der Waals surface area contributed by atoms with Crippen LogP contribution in [-0.2, 0) is 14.2 Å². The lowest BCUT2D eigenvalue weighted by Gasteiger charge is -2.35. The van der Waals surface area contributed by atoms with Gasteiger partial charge in [0.2, 0.25) is 0 Å². The van der Waals surface area contributed by atoms with Gasteiger partial charge < -0.3 is 19.3 Å². The minimum Gasteiger partial charge on any atom is -0.368 e. The van der Waals surface area contributed by atoms with Gasteiger partial charge >= 0.3 is 0 Å². The maximum atomic E-state index is 9.16.